The minimum Gasteiger partial charge on any atom is -0.497 e. The van der Waals surface area contributed by atoms with Crippen molar-refractivity contribution >= 4 is 28.6 Å². The van der Waals surface area contributed by atoms with Gasteiger partial charge in [-0.05, 0) is 61.4 Å². The summed E-state index contributed by atoms with van der Waals surface area (Å²) in [5.74, 6) is 1.17. The second-order valence-corrected chi connectivity index (χ2v) is 6.40. The van der Waals surface area contributed by atoms with Crippen molar-refractivity contribution in [3.05, 3.63) is 53.1 Å². The van der Waals surface area contributed by atoms with E-state index in [0.717, 1.165) is 21.9 Å². The normalized spacial score (nSPS) is 10.9. The summed E-state index contributed by atoms with van der Waals surface area (Å²) in [4.78, 5) is 20.0. The molecule has 118 valence electrons. The van der Waals surface area contributed by atoms with Crippen molar-refractivity contribution in [2.24, 2.45) is 0 Å². The molecular formula is C18H18N2O2S. The topological polar surface area (TPSA) is 55.0 Å². The molecule has 0 bridgehead atoms. The molecule has 4 nitrogen and oxygen atoms in total. The van der Waals surface area contributed by atoms with Crippen LogP contribution >= 0.6 is 11.8 Å². The number of carbonyl (C=O) groups excluding carboxylic acids is 1. The second-order valence-electron chi connectivity index (χ2n) is 5.44. The van der Waals surface area contributed by atoms with Crippen molar-refractivity contribution in [2.75, 3.05) is 12.9 Å². The number of ether oxygens (including phenoxy) is 1. The third-order valence-corrected chi connectivity index (χ3v) is 4.70. The van der Waals surface area contributed by atoms with E-state index >= 15 is 0 Å². The Morgan fingerprint density at radius 3 is 2.57 bits per heavy atom. The van der Waals surface area contributed by atoms with Gasteiger partial charge in [0.05, 0.1) is 23.9 Å². The highest BCUT2D eigenvalue weighted by Crippen LogP contribution is 2.23. The molecule has 0 aliphatic heterocycles. The minimum atomic E-state index is 0.0745. The quantitative estimate of drug-likeness (QED) is 0.565. The number of methoxy groups -OCH3 is 1. The van der Waals surface area contributed by atoms with E-state index in [9.17, 15) is 4.79 Å². The molecule has 0 radical (unpaired) electrons. The molecule has 5 heteroatoms. The molecule has 0 aliphatic rings. The highest BCUT2D eigenvalue weighted by atomic mass is 32.2. The molecule has 1 N–H and O–H groups in total. The zero-order valence-electron chi connectivity index (χ0n) is 13.3. The van der Waals surface area contributed by atoms with E-state index in [2.05, 4.69) is 35.9 Å². The molecule has 2 aromatic carbocycles. The highest BCUT2D eigenvalue weighted by Gasteiger charge is 2.10. The molecule has 0 amide bonds. The zero-order valence-corrected chi connectivity index (χ0v) is 14.2. The number of Topliss-reactive ketones (excluding diaryl/α,β-unsaturated/α-hetero) is 1. The third kappa shape index (κ3) is 3.40. The van der Waals surface area contributed by atoms with Gasteiger partial charge < -0.3 is 9.72 Å². The van der Waals surface area contributed by atoms with Gasteiger partial charge >= 0.3 is 0 Å². The number of fused-ring (bicyclic) bond motifs is 1. The fourth-order valence-electron chi connectivity index (χ4n) is 2.31. The molecular weight excluding hydrogens is 308 g/mol. The fraction of sp³-hybridized carbons (Fsp3) is 0.222. The molecule has 0 spiro atoms. The van der Waals surface area contributed by atoms with Gasteiger partial charge in [0.2, 0.25) is 0 Å². The summed E-state index contributed by atoms with van der Waals surface area (Å²) in [6.07, 6.45) is 0. The van der Waals surface area contributed by atoms with Gasteiger partial charge in [0.15, 0.2) is 10.9 Å². The number of rotatable bonds is 5. The number of benzene rings is 2. The van der Waals surface area contributed by atoms with Crippen molar-refractivity contribution in [1.82, 2.24) is 9.97 Å². The number of imidazole rings is 1. The molecule has 1 aromatic heterocycles. The molecule has 0 atom stereocenters. The van der Waals surface area contributed by atoms with Crippen LogP contribution in [0.25, 0.3) is 11.0 Å². The van der Waals surface area contributed by atoms with Crippen LogP contribution in [-0.4, -0.2) is 28.6 Å². The molecule has 3 rings (SSSR count). The number of H-pyrrole nitrogens is 1. The SMILES string of the molecule is COc1ccc(C(=O)CSc2nc3cc(C)c(C)cc3[nH]2)cc1. The van der Waals surface area contributed by atoms with Crippen LogP contribution in [0.15, 0.2) is 41.6 Å². The van der Waals surface area contributed by atoms with Crippen molar-refractivity contribution in [3.8, 4) is 5.75 Å². The van der Waals surface area contributed by atoms with E-state index in [4.69, 9.17) is 4.74 Å². The molecule has 3 aromatic rings. The average Bonchev–Trinajstić information content (AvgIpc) is 2.95. The number of thioether (sulfide) groups is 1. The number of hydrogen-bond acceptors (Lipinski definition) is 4. The lowest BCUT2D eigenvalue weighted by atomic mass is 10.1. The Kier molecular flexibility index (Phi) is 4.39. The van der Waals surface area contributed by atoms with Crippen molar-refractivity contribution in [2.45, 2.75) is 19.0 Å². The van der Waals surface area contributed by atoms with Crippen LogP contribution in [0.2, 0.25) is 0 Å². The Labute approximate surface area is 139 Å². The van der Waals surface area contributed by atoms with Gasteiger partial charge in [-0.1, -0.05) is 11.8 Å². The largest absolute Gasteiger partial charge is 0.497 e. The lowest BCUT2D eigenvalue weighted by molar-refractivity contribution is 0.102. The monoisotopic (exact) mass is 326 g/mol. The van der Waals surface area contributed by atoms with Gasteiger partial charge in [-0.3, -0.25) is 4.79 Å². The van der Waals surface area contributed by atoms with E-state index in [1.165, 1.54) is 22.9 Å². The van der Waals surface area contributed by atoms with Crippen LogP contribution in [-0.2, 0) is 0 Å². The Balaban J connectivity index is 1.70. The predicted molar refractivity (Wildman–Crippen MR) is 93.6 cm³/mol. The van der Waals surface area contributed by atoms with Crippen LogP contribution in [0.5, 0.6) is 5.75 Å². The first-order valence-electron chi connectivity index (χ1n) is 7.34. The number of aryl methyl sites for hydroxylation is 2. The molecule has 0 unspecified atom stereocenters. The van der Waals surface area contributed by atoms with Gasteiger partial charge in [-0.15, -0.1) is 0 Å². The van der Waals surface area contributed by atoms with Crippen LogP contribution in [0.3, 0.4) is 0 Å². The zero-order chi connectivity index (χ0) is 16.4. The van der Waals surface area contributed by atoms with E-state index in [-0.39, 0.29) is 5.78 Å². The second kappa shape index (κ2) is 6.46. The molecule has 23 heavy (non-hydrogen) atoms. The minimum absolute atomic E-state index is 0.0745. The predicted octanol–water partition coefficient (Wildman–Crippen LogP) is 4.16. The summed E-state index contributed by atoms with van der Waals surface area (Å²) in [5.41, 5.74) is 5.07. The van der Waals surface area contributed by atoms with Crippen LogP contribution in [0.4, 0.5) is 0 Å². The van der Waals surface area contributed by atoms with Crippen LogP contribution in [0, 0.1) is 13.8 Å². The van der Waals surface area contributed by atoms with Gasteiger partial charge in [-0.25, -0.2) is 4.98 Å². The number of ketones is 1. The maximum absolute atomic E-state index is 12.2. The van der Waals surface area contributed by atoms with Crippen LogP contribution in [0.1, 0.15) is 21.5 Å². The Bertz CT molecular complexity index is 814. The average molecular weight is 326 g/mol. The van der Waals surface area contributed by atoms with E-state index < -0.39 is 0 Å². The Hall–Kier alpha value is -2.27. The first kappa shape index (κ1) is 15.6. The number of nitrogens with zero attached hydrogens (tertiary/aromatic N) is 1. The van der Waals surface area contributed by atoms with Crippen molar-refractivity contribution < 1.29 is 9.53 Å². The van der Waals surface area contributed by atoms with Gasteiger partial charge in [0, 0.05) is 5.56 Å². The number of hydrogen-bond donors (Lipinski definition) is 1. The number of aromatic nitrogens is 2. The summed E-state index contributed by atoms with van der Waals surface area (Å²) in [7, 11) is 1.61. The lowest BCUT2D eigenvalue weighted by Gasteiger charge is -2.02. The van der Waals surface area contributed by atoms with Crippen LogP contribution < -0.4 is 4.74 Å². The van der Waals surface area contributed by atoms with Crippen molar-refractivity contribution in [1.29, 1.82) is 0 Å². The Morgan fingerprint density at radius 2 is 1.87 bits per heavy atom. The summed E-state index contributed by atoms with van der Waals surface area (Å²) < 4.78 is 5.10. The maximum atomic E-state index is 12.2. The summed E-state index contributed by atoms with van der Waals surface area (Å²) in [5, 5.41) is 0.770. The van der Waals surface area contributed by atoms with Gasteiger partial charge in [-0.2, -0.15) is 0 Å². The maximum Gasteiger partial charge on any atom is 0.173 e. The number of nitrogens with one attached hydrogen (secondary N) is 1. The Morgan fingerprint density at radius 1 is 1.17 bits per heavy atom. The molecule has 0 aliphatic carbocycles. The van der Waals surface area contributed by atoms with Gasteiger partial charge in [0.1, 0.15) is 5.75 Å². The summed E-state index contributed by atoms with van der Waals surface area (Å²) >= 11 is 1.42. The van der Waals surface area contributed by atoms with Crippen molar-refractivity contribution in [3.63, 3.8) is 0 Å². The molecule has 0 fully saturated rings. The van der Waals surface area contributed by atoms with E-state index in [1.807, 2.05) is 0 Å². The van der Waals surface area contributed by atoms with Gasteiger partial charge in [0.25, 0.3) is 0 Å². The first-order chi connectivity index (χ1) is 11.1. The highest BCUT2D eigenvalue weighted by molar-refractivity contribution is 7.99. The fourth-order valence-corrected chi connectivity index (χ4v) is 3.09. The molecule has 0 saturated carbocycles. The lowest BCUT2D eigenvalue weighted by Crippen LogP contribution is -2.02. The first-order valence-corrected chi connectivity index (χ1v) is 8.32. The number of carbonyl (C=O) groups is 1. The summed E-state index contributed by atoms with van der Waals surface area (Å²) in [6.45, 7) is 4.15. The standard InChI is InChI=1S/C18H18N2O2S/c1-11-8-15-16(9-12(11)2)20-18(19-15)23-10-17(21)13-4-6-14(22-3)7-5-13/h4-9H,10H2,1-3H3,(H,19,20). The number of aromatic amines is 1. The summed E-state index contributed by atoms with van der Waals surface area (Å²) in [6, 6.07) is 11.3. The molecule has 1 heterocycles. The van der Waals surface area contributed by atoms with E-state index in [0.29, 0.717) is 11.3 Å². The third-order valence-electron chi connectivity index (χ3n) is 3.83. The molecule has 0 saturated heterocycles. The van der Waals surface area contributed by atoms with E-state index in [1.54, 1.807) is 31.4 Å². The smallest absolute Gasteiger partial charge is 0.173 e.